The second kappa shape index (κ2) is 14.4. The molecule has 4 N–H and O–H groups in total. The number of rotatable bonds is 14. The number of halogens is 1. The molecule has 4 rings (SSSR count). The molecule has 1 unspecified atom stereocenters. The first-order valence-corrected chi connectivity index (χ1v) is 14.7. The number of β-amino-alcohol motifs (C(OH)–C–C–N with tert-alkyl or cyclic N) is 1. The molecule has 1 fully saturated rings. The van der Waals surface area contributed by atoms with Gasteiger partial charge in [0, 0.05) is 26.2 Å². The molecule has 226 valence electrons. The number of ether oxygens (including phenoxy) is 2. The van der Waals surface area contributed by atoms with Gasteiger partial charge in [-0.2, -0.15) is 0 Å². The highest BCUT2D eigenvalue weighted by Crippen LogP contribution is 2.34. The number of carbonyl (C=O) groups is 1. The lowest BCUT2D eigenvalue weighted by atomic mass is 9.93. The summed E-state index contributed by atoms with van der Waals surface area (Å²) >= 11 is 6.50. The van der Waals surface area contributed by atoms with E-state index in [4.69, 9.17) is 21.1 Å². The molecule has 0 aliphatic carbocycles. The van der Waals surface area contributed by atoms with E-state index in [-0.39, 0.29) is 12.6 Å². The number of aliphatic carboxylic acids is 1. The normalized spacial score (nSPS) is 16.8. The van der Waals surface area contributed by atoms with Crippen molar-refractivity contribution in [2.24, 2.45) is 0 Å². The van der Waals surface area contributed by atoms with Gasteiger partial charge in [-0.15, -0.1) is 0 Å². The first-order chi connectivity index (χ1) is 20.1. The third kappa shape index (κ3) is 7.82. The first kappa shape index (κ1) is 31.8. The Balaban J connectivity index is 1.38. The van der Waals surface area contributed by atoms with Crippen molar-refractivity contribution in [3.05, 3.63) is 81.9 Å². The number of aliphatic hydroxyl groups is 2. The van der Waals surface area contributed by atoms with E-state index in [1.807, 2.05) is 30.3 Å². The van der Waals surface area contributed by atoms with Crippen LogP contribution < -0.4 is 14.8 Å². The zero-order chi connectivity index (χ0) is 30.3. The second-order valence-electron chi connectivity index (χ2n) is 11.2. The zero-order valence-electron chi connectivity index (χ0n) is 24.5. The lowest BCUT2D eigenvalue weighted by molar-refractivity contribution is -0.145. The van der Waals surface area contributed by atoms with Gasteiger partial charge in [0.2, 0.25) is 0 Å². The standard InChI is InChI=1S/C33H41ClN2O6/c1-22-25(20-42-31-12-11-24(17-29(31)34)18-35-33(3,21-37)32(39)40)7-4-8-27(22)28-9-5-10-30(23(28)2)41-16-6-14-36-15-13-26(38)19-36/h4-5,7-12,17,26,35,37-38H,6,13-16,18-21H2,1-3H3,(H,39,40)/t26-,33?/m1/s1. The van der Waals surface area contributed by atoms with Crippen molar-refractivity contribution in [2.45, 2.75) is 58.4 Å². The molecule has 0 saturated carbocycles. The van der Waals surface area contributed by atoms with Crippen molar-refractivity contribution < 1.29 is 29.6 Å². The zero-order valence-corrected chi connectivity index (χ0v) is 25.3. The first-order valence-electron chi connectivity index (χ1n) is 14.3. The van der Waals surface area contributed by atoms with Gasteiger partial charge in [-0.1, -0.05) is 48.0 Å². The molecule has 0 aromatic heterocycles. The fourth-order valence-corrected chi connectivity index (χ4v) is 5.36. The van der Waals surface area contributed by atoms with Gasteiger partial charge >= 0.3 is 5.97 Å². The average Bonchev–Trinajstić information content (AvgIpc) is 3.39. The van der Waals surface area contributed by atoms with Crippen molar-refractivity contribution in [1.82, 2.24) is 10.2 Å². The Bertz CT molecular complexity index is 1380. The number of hydrogen-bond acceptors (Lipinski definition) is 7. The summed E-state index contributed by atoms with van der Waals surface area (Å²) in [6.07, 6.45) is 1.56. The van der Waals surface area contributed by atoms with Crippen LogP contribution in [-0.4, -0.2) is 70.7 Å². The van der Waals surface area contributed by atoms with Crippen molar-refractivity contribution in [1.29, 1.82) is 0 Å². The second-order valence-corrected chi connectivity index (χ2v) is 11.6. The fraction of sp³-hybridized carbons (Fsp3) is 0.424. The molecular weight excluding hydrogens is 556 g/mol. The van der Waals surface area contributed by atoms with Crippen LogP contribution in [0.3, 0.4) is 0 Å². The lowest BCUT2D eigenvalue weighted by Gasteiger charge is -2.23. The van der Waals surface area contributed by atoms with Crippen LogP contribution in [0.4, 0.5) is 0 Å². The van der Waals surface area contributed by atoms with Crippen LogP contribution in [-0.2, 0) is 17.9 Å². The molecule has 2 atom stereocenters. The van der Waals surface area contributed by atoms with Gasteiger partial charge in [-0.05, 0) is 85.2 Å². The van der Waals surface area contributed by atoms with Gasteiger partial charge in [0.25, 0.3) is 0 Å². The predicted octanol–water partition coefficient (Wildman–Crippen LogP) is 4.96. The third-order valence-electron chi connectivity index (χ3n) is 7.99. The summed E-state index contributed by atoms with van der Waals surface area (Å²) in [6, 6.07) is 17.6. The Morgan fingerprint density at radius 3 is 2.48 bits per heavy atom. The number of benzene rings is 3. The van der Waals surface area contributed by atoms with E-state index in [1.54, 1.807) is 12.1 Å². The van der Waals surface area contributed by atoms with E-state index in [2.05, 4.69) is 36.2 Å². The van der Waals surface area contributed by atoms with Gasteiger partial charge in [0.15, 0.2) is 0 Å². The van der Waals surface area contributed by atoms with Crippen LogP contribution in [0.5, 0.6) is 11.5 Å². The van der Waals surface area contributed by atoms with Gasteiger partial charge in [-0.25, -0.2) is 0 Å². The lowest BCUT2D eigenvalue weighted by Crippen LogP contribution is -2.52. The van der Waals surface area contributed by atoms with Crippen LogP contribution in [0.15, 0.2) is 54.6 Å². The van der Waals surface area contributed by atoms with Crippen LogP contribution in [0.2, 0.25) is 5.02 Å². The Hall–Kier alpha value is -3.14. The minimum atomic E-state index is -1.44. The fourth-order valence-electron chi connectivity index (χ4n) is 5.10. The summed E-state index contributed by atoms with van der Waals surface area (Å²) in [7, 11) is 0. The van der Waals surface area contributed by atoms with Gasteiger partial charge in [0.1, 0.15) is 23.6 Å². The molecule has 8 nitrogen and oxygen atoms in total. The summed E-state index contributed by atoms with van der Waals surface area (Å²) in [5.74, 6) is 0.278. The maximum absolute atomic E-state index is 11.4. The molecule has 0 radical (unpaired) electrons. The van der Waals surface area contributed by atoms with Crippen molar-refractivity contribution in [2.75, 3.05) is 32.8 Å². The van der Waals surface area contributed by atoms with E-state index >= 15 is 0 Å². The number of likely N-dealkylation sites (tertiary alicyclic amines) is 1. The highest BCUT2D eigenvalue weighted by Gasteiger charge is 2.31. The van der Waals surface area contributed by atoms with Gasteiger partial charge < -0.3 is 29.7 Å². The highest BCUT2D eigenvalue weighted by atomic mass is 35.5. The topological polar surface area (TPSA) is 111 Å². The number of nitrogens with one attached hydrogen (secondary N) is 1. The largest absolute Gasteiger partial charge is 0.493 e. The van der Waals surface area contributed by atoms with Crippen LogP contribution >= 0.6 is 11.6 Å². The molecule has 42 heavy (non-hydrogen) atoms. The summed E-state index contributed by atoms with van der Waals surface area (Å²) < 4.78 is 12.3. The molecule has 1 saturated heterocycles. The number of carboxylic acid groups (broad SMARTS) is 1. The van der Waals surface area contributed by atoms with Crippen molar-refractivity contribution >= 4 is 17.6 Å². The molecule has 0 bridgehead atoms. The van der Waals surface area contributed by atoms with E-state index in [0.29, 0.717) is 24.0 Å². The molecule has 3 aromatic carbocycles. The smallest absolute Gasteiger partial charge is 0.326 e. The maximum Gasteiger partial charge on any atom is 0.326 e. The minimum Gasteiger partial charge on any atom is -0.493 e. The van der Waals surface area contributed by atoms with Gasteiger partial charge in [-0.3, -0.25) is 10.1 Å². The molecule has 1 heterocycles. The monoisotopic (exact) mass is 596 g/mol. The molecular formula is C33H41ClN2O6. The van der Waals surface area contributed by atoms with E-state index < -0.39 is 18.1 Å². The Labute approximate surface area is 252 Å². The molecule has 3 aromatic rings. The van der Waals surface area contributed by atoms with Crippen molar-refractivity contribution in [3.8, 4) is 22.6 Å². The van der Waals surface area contributed by atoms with E-state index in [1.165, 1.54) is 6.92 Å². The van der Waals surface area contributed by atoms with Crippen LogP contribution in [0.1, 0.15) is 42.0 Å². The Kier molecular flexibility index (Phi) is 10.9. The maximum atomic E-state index is 11.4. The van der Waals surface area contributed by atoms with E-state index in [0.717, 1.165) is 71.6 Å². The summed E-state index contributed by atoms with van der Waals surface area (Å²) in [6.45, 7) is 8.88. The molecule has 1 aliphatic rings. The average molecular weight is 597 g/mol. The SMILES string of the molecule is Cc1c(COc2ccc(CNC(C)(CO)C(=O)O)cc2Cl)cccc1-c1cccc(OCCCN2CC[C@@H](O)C2)c1C. The number of carboxylic acids is 1. The third-order valence-corrected chi connectivity index (χ3v) is 8.29. The number of nitrogens with zero attached hydrogens (tertiary/aromatic N) is 1. The molecule has 9 heteroatoms. The van der Waals surface area contributed by atoms with Crippen LogP contribution in [0, 0.1) is 13.8 Å². The quantitative estimate of drug-likeness (QED) is 0.193. The number of hydrogen-bond donors (Lipinski definition) is 4. The summed E-state index contributed by atoms with van der Waals surface area (Å²) in [5.41, 5.74) is 4.80. The van der Waals surface area contributed by atoms with Crippen molar-refractivity contribution in [3.63, 3.8) is 0 Å². The Morgan fingerprint density at radius 2 is 1.81 bits per heavy atom. The predicted molar refractivity (Wildman–Crippen MR) is 164 cm³/mol. The van der Waals surface area contributed by atoms with E-state index in [9.17, 15) is 20.1 Å². The molecule has 0 spiro atoms. The van der Waals surface area contributed by atoms with Gasteiger partial charge in [0.05, 0.1) is 24.3 Å². The highest BCUT2D eigenvalue weighted by molar-refractivity contribution is 6.32. The van der Waals surface area contributed by atoms with Crippen LogP contribution in [0.25, 0.3) is 11.1 Å². The summed E-state index contributed by atoms with van der Waals surface area (Å²) in [5, 5.41) is 31.8. The minimum absolute atomic E-state index is 0.198. The molecule has 0 amide bonds. The number of aliphatic hydroxyl groups excluding tert-OH is 2. The molecule has 1 aliphatic heterocycles. The summed E-state index contributed by atoms with van der Waals surface area (Å²) in [4.78, 5) is 13.7. The Morgan fingerprint density at radius 1 is 1.07 bits per heavy atom.